The van der Waals surface area contributed by atoms with Gasteiger partial charge in [0.25, 0.3) is 0 Å². The van der Waals surface area contributed by atoms with Crippen molar-refractivity contribution in [3.8, 4) is 0 Å². The van der Waals surface area contributed by atoms with Crippen molar-refractivity contribution in [1.82, 2.24) is 24.8 Å². The van der Waals surface area contributed by atoms with Gasteiger partial charge in [0.1, 0.15) is 0 Å². The van der Waals surface area contributed by atoms with Crippen LogP contribution in [0.2, 0.25) is 0 Å². The summed E-state index contributed by atoms with van der Waals surface area (Å²) in [6, 6.07) is 0. The van der Waals surface area contributed by atoms with E-state index >= 15 is 0 Å². The fourth-order valence-electron chi connectivity index (χ4n) is 1.92. The number of halogens is 1. The van der Waals surface area contributed by atoms with Crippen LogP contribution in [0, 0.1) is 0 Å². The van der Waals surface area contributed by atoms with E-state index in [9.17, 15) is 0 Å². The summed E-state index contributed by atoms with van der Waals surface area (Å²) in [5.41, 5.74) is 1.00. The molecule has 0 bridgehead atoms. The predicted molar refractivity (Wildman–Crippen MR) is 71.3 cm³/mol. The van der Waals surface area contributed by atoms with Gasteiger partial charge in [-0.25, -0.2) is 0 Å². The average Bonchev–Trinajstić information content (AvgIpc) is 2.77. The summed E-state index contributed by atoms with van der Waals surface area (Å²) in [5.74, 6) is 0. The topological polar surface area (TPSA) is 37.2 Å². The van der Waals surface area contributed by atoms with Crippen LogP contribution in [0.3, 0.4) is 0 Å². The first-order valence-electron chi connectivity index (χ1n) is 6.10. The molecule has 2 heterocycles. The maximum atomic E-state index is 4.14. The van der Waals surface area contributed by atoms with Crippen LogP contribution in [0.25, 0.3) is 0 Å². The second-order valence-electron chi connectivity index (χ2n) is 4.67. The van der Waals surface area contributed by atoms with Crippen LogP contribution >= 0.6 is 15.9 Å². The number of alkyl halides is 1. The molecule has 17 heavy (non-hydrogen) atoms. The van der Waals surface area contributed by atoms with E-state index in [2.05, 4.69) is 50.0 Å². The lowest BCUT2D eigenvalue weighted by Crippen LogP contribution is -2.45. The Morgan fingerprint density at radius 2 is 2.00 bits per heavy atom. The third-order valence-electron chi connectivity index (χ3n) is 3.21. The summed E-state index contributed by atoms with van der Waals surface area (Å²) >= 11 is 3.50. The molecular formula is C11H20BrN5. The van der Waals surface area contributed by atoms with Crippen molar-refractivity contribution in [2.24, 2.45) is 0 Å². The van der Waals surface area contributed by atoms with E-state index in [0.29, 0.717) is 0 Å². The van der Waals surface area contributed by atoms with E-state index in [1.54, 1.807) is 0 Å². The van der Waals surface area contributed by atoms with Crippen LogP contribution in [0.1, 0.15) is 17.4 Å². The van der Waals surface area contributed by atoms with Gasteiger partial charge in [-0.2, -0.15) is 0 Å². The van der Waals surface area contributed by atoms with Crippen molar-refractivity contribution in [3.05, 3.63) is 11.9 Å². The van der Waals surface area contributed by atoms with Crippen LogP contribution in [0.5, 0.6) is 0 Å². The molecule has 0 aliphatic carbocycles. The fourth-order valence-corrected chi connectivity index (χ4v) is 2.13. The number of hydrogen-bond acceptors (Lipinski definition) is 4. The largest absolute Gasteiger partial charge is 0.304 e. The molecule has 96 valence electrons. The van der Waals surface area contributed by atoms with Crippen molar-refractivity contribution in [2.75, 3.05) is 39.8 Å². The number of piperazine rings is 1. The number of likely N-dealkylation sites (N-methyl/N-ethyl adjacent to an activating group) is 1. The van der Waals surface area contributed by atoms with Gasteiger partial charge >= 0.3 is 0 Å². The molecule has 1 unspecified atom stereocenters. The molecule has 0 saturated carbocycles. The van der Waals surface area contributed by atoms with Crippen LogP contribution < -0.4 is 0 Å². The average molecular weight is 302 g/mol. The molecule has 0 aromatic carbocycles. The number of aromatic nitrogens is 3. The molecule has 1 fully saturated rings. The van der Waals surface area contributed by atoms with Gasteiger partial charge in [-0.05, 0) is 14.0 Å². The van der Waals surface area contributed by atoms with Gasteiger partial charge in [0.05, 0.1) is 17.1 Å². The van der Waals surface area contributed by atoms with Crippen molar-refractivity contribution < 1.29 is 0 Å². The third-order valence-corrected chi connectivity index (χ3v) is 3.67. The Hall–Kier alpha value is -0.460. The summed E-state index contributed by atoms with van der Waals surface area (Å²) in [6.45, 7) is 8.71. The zero-order valence-corrected chi connectivity index (χ0v) is 12.1. The van der Waals surface area contributed by atoms with Crippen LogP contribution in [-0.2, 0) is 6.54 Å². The van der Waals surface area contributed by atoms with Gasteiger partial charge in [0.15, 0.2) is 0 Å². The molecule has 1 saturated heterocycles. The Bertz CT molecular complexity index is 343. The molecule has 0 spiro atoms. The molecule has 1 aromatic heterocycles. The minimum Gasteiger partial charge on any atom is -0.304 e. The summed E-state index contributed by atoms with van der Waals surface area (Å²) in [4.78, 5) is 5.13. The highest BCUT2D eigenvalue weighted by Gasteiger charge is 2.13. The van der Waals surface area contributed by atoms with Crippen molar-refractivity contribution in [3.63, 3.8) is 0 Å². The van der Waals surface area contributed by atoms with E-state index < -0.39 is 0 Å². The van der Waals surface area contributed by atoms with Crippen LogP contribution in [0.15, 0.2) is 6.20 Å². The predicted octanol–water partition coefficient (Wildman–Crippen LogP) is 0.981. The molecule has 6 heteroatoms. The fraction of sp³-hybridized carbons (Fsp3) is 0.818. The molecule has 1 aliphatic heterocycles. The van der Waals surface area contributed by atoms with Crippen LogP contribution in [0.4, 0.5) is 0 Å². The smallest absolute Gasteiger partial charge is 0.0960 e. The van der Waals surface area contributed by atoms with Gasteiger partial charge < -0.3 is 4.90 Å². The summed E-state index contributed by atoms with van der Waals surface area (Å²) in [6.07, 6.45) is 2.02. The third kappa shape index (κ3) is 3.76. The van der Waals surface area contributed by atoms with Crippen molar-refractivity contribution in [1.29, 1.82) is 0 Å². The molecule has 1 aromatic rings. The van der Waals surface area contributed by atoms with Gasteiger partial charge in [0.2, 0.25) is 0 Å². The maximum absolute atomic E-state index is 4.14. The first-order valence-corrected chi connectivity index (χ1v) is 7.01. The van der Waals surface area contributed by atoms with E-state index in [1.807, 2.05) is 10.9 Å². The monoisotopic (exact) mass is 301 g/mol. The molecular weight excluding hydrogens is 282 g/mol. The Kier molecular flexibility index (Phi) is 4.53. The molecule has 5 nitrogen and oxygen atoms in total. The zero-order chi connectivity index (χ0) is 12.3. The second-order valence-corrected chi connectivity index (χ2v) is 6.04. The molecule has 0 N–H and O–H groups in total. The second kappa shape index (κ2) is 5.93. The highest BCUT2D eigenvalue weighted by Crippen LogP contribution is 2.17. The summed E-state index contributed by atoms with van der Waals surface area (Å²) in [5, 5.41) is 8.27. The molecule has 0 radical (unpaired) electrons. The Balaban J connectivity index is 1.77. The summed E-state index contributed by atoms with van der Waals surface area (Å²) in [7, 11) is 2.18. The Labute approximate surface area is 111 Å². The van der Waals surface area contributed by atoms with Crippen molar-refractivity contribution >= 4 is 15.9 Å². The first kappa shape index (κ1) is 13.0. The Morgan fingerprint density at radius 3 is 2.59 bits per heavy atom. The minimum absolute atomic E-state index is 0.278. The highest BCUT2D eigenvalue weighted by atomic mass is 79.9. The minimum atomic E-state index is 0.278. The van der Waals surface area contributed by atoms with Crippen molar-refractivity contribution in [2.45, 2.75) is 18.3 Å². The number of nitrogens with zero attached hydrogens (tertiary/aromatic N) is 5. The SMILES string of the molecule is CC(Br)c1cn(CCN2CCN(C)CC2)nn1. The lowest BCUT2D eigenvalue weighted by molar-refractivity contribution is 0.148. The van der Waals surface area contributed by atoms with E-state index in [-0.39, 0.29) is 4.83 Å². The zero-order valence-electron chi connectivity index (χ0n) is 10.5. The van der Waals surface area contributed by atoms with Gasteiger partial charge in [-0.1, -0.05) is 21.1 Å². The number of rotatable bonds is 4. The molecule has 2 rings (SSSR count). The summed E-state index contributed by atoms with van der Waals surface area (Å²) < 4.78 is 1.94. The quantitative estimate of drug-likeness (QED) is 0.777. The Morgan fingerprint density at radius 1 is 1.29 bits per heavy atom. The number of hydrogen-bond donors (Lipinski definition) is 0. The molecule has 1 atom stereocenters. The maximum Gasteiger partial charge on any atom is 0.0960 e. The molecule has 1 aliphatic rings. The standard InChI is InChI=1S/C11H20BrN5/c1-10(12)11-9-17(14-13-11)8-7-16-5-3-15(2)4-6-16/h9-10H,3-8H2,1-2H3. The van der Waals surface area contributed by atoms with E-state index in [1.165, 1.54) is 13.1 Å². The lowest BCUT2D eigenvalue weighted by atomic mass is 10.3. The molecule has 0 amide bonds. The lowest BCUT2D eigenvalue weighted by Gasteiger charge is -2.32. The normalized spacial score (nSPS) is 20.6. The highest BCUT2D eigenvalue weighted by molar-refractivity contribution is 9.09. The van der Waals surface area contributed by atoms with Gasteiger partial charge in [-0.3, -0.25) is 9.58 Å². The van der Waals surface area contributed by atoms with Gasteiger partial charge in [-0.15, -0.1) is 5.10 Å². The van der Waals surface area contributed by atoms with Gasteiger partial charge in [0, 0.05) is 38.9 Å². The van der Waals surface area contributed by atoms with Crippen LogP contribution in [-0.4, -0.2) is 64.6 Å². The van der Waals surface area contributed by atoms with E-state index in [0.717, 1.165) is 31.9 Å². The first-order chi connectivity index (χ1) is 8.15. The van der Waals surface area contributed by atoms with E-state index in [4.69, 9.17) is 0 Å².